The number of nitrogens with one attached hydrogen (secondary N) is 3. The summed E-state index contributed by atoms with van der Waals surface area (Å²) < 4.78 is 26.5. The van der Waals surface area contributed by atoms with Crippen LogP contribution in [0.3, 0.4) is 0 Å². The summed E-state index contributed by atoms with van der Waals surface area (Å²) in [4.78, 5) is 47.5. The molecule has 0 bridgehead atoms. The molecule has 3 amide bonds. The van der Waals surface area contributed by atoms with E-state index in [1.54, 1.807) is 6.92 Å². The number of aromatic nitrogens is 4. The number of aryl methyl sites for hydroxylation is 1. The number of nitrogens with zero attached hydrogens (tertiary/aromatic N) is 3. The van der Waals surface area contributed by atoms with Gasteiger partial charge in [0.25, 0.3) is 0 Å². The first-order chi connectivity index (χ1) is 22.5. The molecular weight excluding hydrogens is 626 g/mol. The Kier molecular flexibility index (Phi) is 23.3. The number of sulfonamides is 1. The molecule has 0 unspecified atom stereocenters. The number of ketones is 1. The number of primary amides is 1. The van der Waals surface area contributed by atoms with Crippen LogP contribution < -0.4 is 15.8 Å². The first-order valence-electron chi connectivity index (χ1n) is 17.5. The molecule has 6 N–H and O–H groups in total. The molecule has 0 radical (unpaired) electrons. The van der Waals surface area contributed by atoms with E-state index in [1.165, 1.54) is 51.4 Å². The van der Waals surface area contributed by atoms with Crippen LogP contribution in [0.1, 0.15) is 144 Å². The highest BCUT2D eigenvalue weighted by Crippen LogP contribution is 2.15. The maximum atomic E-state index is 12.2. The Morgan fingerprint density at radius 1 is 0.830 bits per heavy atom. The minimum atomic E-state index is -3.78. The Bertz CT molecular complexity index is 1130. The van der Waals surface area contributed by atoms with E-state index in [2.05, 4.69) is 30.7 Å². The fraction of sp³-hybridized carbons (Fsp3) is 0.844. The van der Waals surface area contributed by atoms with Crippen LogP contribution >= 0.6 is 0 Å². The molecule has 0 aliphatic carbocycles. The number of unbranched alkanes of at least 4 members (excludes halogenated alkanes) is 13. The van der Waals surface area contributed by atoms with Crippen LogP contribution in [0.5, 0.6) is 0 Å². The number of aliphatic hydroxyl groups is 1. The SMILES string of the molecule is C[C@@H](CCCCNC(=O)CCCS(=O)(=O)NC(=O)CCCCCCCCCCCCCCCc1nn[nH]n1)C(=O)C[C@@H](CO)C(N)=O.[HH].[HH]. The number of aliphatic hydroxyl groups excluding tert-OH is 1. The fourth-order valence-electron chi connectivity index (χ4n) is 5.25. The zero-order chi connectivity index (χ0) is 34.8. The molecule has 0 fully saturated rings. The van der Waals surface area contributed by atoms with Crippen molar-refractivity contribution in [1.82, 2.24) is 30.7 Å². The molecule has 274 valence electrons. The highest BCUT2D eigenvalue weighted by Gasteiger charge is 2.22. The minimum absolute atomic E-state index is 0. The number of aromatic amines is 1. The van der Waals surface area contributed by atoms with E-state index in [-0.39, 0.29) is 51.9 Å². The Labute approximate surface area is 283 Å². The summed E-state index contributed by atoms with van der Waals surface area (Å²) in [5, 5.41) is 25.8. The number of nitrogens with two attached hydrogens (primary N) is 1. The Morgan fingerprint density at radius 3 is 1.96 bits per heavy atom. The van der Waals surface area contributed by atoms with Crippen molar-refractivity contribution < 1.29 is 35.6 Å². The van der Waals surface area contributed by atoms with Gasteiger partial charge in [0.2, 0.25) is 27.7 Å². The summed E-state index contributed by atoms with van der Waals surface area (Å²) in [6.45, 7) is 1.70. The van der Waals surface area contributed by atoms with Gasteiger partial charge in [0.1, 0.15) is 5.78 Å². The lowest BCUT2D eigenvalue weighted by Gasteiger charge is -2.14. The molecule has 0 aliphatic rings. The summed E-state index contributed by atoms with van der Waals surface area (Å²) in [7, 11) is -3.78. The average molecular weight is 690 g/mol. The predicted molar refractivity (Wildman–Crippen MR) is 183 cm³/mol. The monoisotopic (exact) mass is 689 g/mol. The second kappa shape index (κ2) is 26.1. The van der Waals surface area contributed by atoms with Crippen molar-refractivity contribution in [2.24, 2.45) is 17.6 Å². The topological polar surface area (TPSA) is 227 Å². The van der Waals surface area contributed by atoms with Crippen LogP contribution in [0.4, 0.5) is 0 Å². The summed E-state index contributed by atoms with van der Waals surface area (Å²) in [6.07, 6.45) is 17.7. The van der Waals surface area contributed by atoms with Gasteiger partial charge >= 0.3 is 0 Å². The van der Waals surface area contributed by atoms with Crippen molar-refractivity contribution in [2.45, 2.75) is 142 Å². The van der Waals surface area contributed by atoms with E-state index in [0.717, 1.165) is 37.9 Å². The molecule has 0 aliphatic heterocycles. The molecule has 1 heterocycles. The van der Waals surface area contributed by atoms with Gasteiger partial charge in [-0.05, 0) is 32.1 Å². The zero-order valence-electron chi connectivity index (χ0n) is 28.3. The Morgan fingerprint density at radius 2 is 1.40 bits per heavy atom. The van der Waals surface area contributed by atoms with Crippen molar-refractivity contribution in [1.29, 1.82) is 0 Å². The summed E-state index contributed by atoms with van der Waals surface area (Å²) in [5.74, 6) is -2.26. The summed E-state index contributed by atoms with van der Waals surface area (Å²) in [6, 6.07) is 0. The number of rotatable bonds is 31. The molecule has 1 aromatic rings. The second-order valence-corrected chi connectivity index (χ2v) is 14.4. The normalized spacial score (nSPS) is 12.8. The maximum Gasteiger partial charge on any atom is 0.234 e. The van der Waals surface area contributed by atoms with Gasteiger partial charge in [0.05, 0.1) is 18.3 Å². The lowest BCUT2D eigenvalue weighted by atomic mass is 9.92. The molecule has 0 saturated heterocycles. The van der Waals surface area contributed by atoms with Gasteiger partial charge in [0.15, 0.2) is 5.82 Å². The van der Waals surface area contributed by atoms with Gasteiger partial charge in [0, 0.05) is 41.0 Å². The molecule has 14 nitrogen and oxygen atoms in total. The van der Waals surface area contributed by atoms with Crippen molar-refractivity contribution in [3.8, 4) is 0 Å². The number of amides is 3. The average Bonchev–Trinajstić information content (AvgIpc) is 3.54. The second-order valence-electron chi connectivity index (χ2n) is 12.6. The van der Waals surface area contributed by atoms with Crippen LogP contribution in [0.2, 0.25) is 0 Å². The standard InChI is InChI=1S/C32H59N7O7S.2H2/c1-26(28(41)24-27(25-40)32(33)44)18-15-16-22-34-30(42)21-17-23-47(45,46)37-31(43)20-14-12-10-8-6-4-2-3-5-7-9-11-13-19-29-35-38-39-36-29;;/h26-27,40H,2-25H2,1H3,(H2,33,44)(H,34,42)(H,37,43)(H,35,36,38,39);2*1H/t26-,27-;;/m0../s1. The third kappa shape index (κ3) is 23.1. The molecule has 0 aromatic carbocycles. The lowest BCUT2D eigenvalue weighted by Crippen LogP contribution is -2.33. The summed E-state index contributed by atoms with van der Waals surface area (Å²) >= 11 is 0. The van der Waals surface area contributed by atoms with Gasteiger partial charge in [-0.25, -0.2) is 8.42 Å². The van der Waals surface area contributed by atoms with Crippen molar-refractivity contribution in [3.05, 3.63) is 5.82 Å². The number of H-pyrrole nitrogens is 1. The van der Waals surface area contributed by atoms with E-state index >= 15 is 0 Å². The summed E-state index contributed by atoms with van der Waals surface area (Å²) in [5.41, 5.74) is 5.16. The molecular formula is C32H63N7O7S. The van der Waals surface area contributed by atoms with Gasteiger partial charge in [-0.2, -0.15) is 5.21 Å². The first-order valence-corrected chi connectivity index (χ1v) is 19.1. The van der Waals surface area contributed by atoms with Crippen LogP contribution in [-0.4, -0.2) is 76.6 Å². The molecule has 0 saturated carbocycles. The number of carbonyl (C=O) groups is 4. The lowest BCUT2D eigenvalue weighted by molar-refractivity contribution is -0.130. The predicted octanol–water partition coefficient (Wildman–Crippen LogP) is 3.90. The highest BCUT2D eigenvalue weighted by atomic mass is 32.2. The molecule has 1 rings (SSSR count). The van der Waals surface area contributed by atoms with E-state index in [0.29, 0.717) is 32.2 Å². The molecule has 0 spiro atoms. The van der Waals surface area contributed by atoms with E-state index in [1.807, 2.05) is 0 Å². The van der Waals surface area contributed by atoms with Crippen LogP contribution in [0.15, 0.2) is 0 Å². The Hall–Kier alpha value is -2.94. The van der Waals surface area contributed by atoms with E-state index in [4.69, 9.17) is 10.8 Å². The maximum absolute atomic E-state index is 12.2. The number of hydrogen-bond acceptors (Lipinski definition) is 10. The first kappa shape index (κ1) is 42.1. The number of tetrazole rings is 1. The largest absolute Gasteiger partial charge is 0.396 e. The third-order valence-electron chi connectivity index (χ3n) is 8.29. The molecule has 47 heavy (non-hydrogen) atoms. The van der Waals surface area contributed by atoms with Crippen molar-refractivity contribution in [3.63, 3.8) is 0 Å². The van der Waals surface area contributed by atoms with E-state index < -0.39 is 34.4 Å². The number of hydrogen-bond donors (Lipinski definition) is 5. The molecule has 2 atom stereocenters. The van der Waals surface area contributed by atoms with Crippen molar-refractivity contribution in [2.75, 3.05) is 18.9 Å². The Balaban J connectivity index is 0. The molecule has 1 aromatic heterocycles. The van der Waals surface area contributed by atoms with Gasteiger partial charge in [-0.15, -0.1) is 10.2 Å². The highest BCUT2D eigenvalue weighted by molar-refractivity contribution is 7.90. The number of Topliss-reactive ketones (excluding diaryl/α,β-unsaturated/α-hetero) is 1. The van der Waals surface area contributed by atoms with E-state index in [9.17, 15) is 27.6 Å². The van der Waals surface area contributed by atoms with Crippen molar-refractivity contribution >= 4 is 33.5 Å². The van der Waals surface area contributed by atoms with Crippen LogP contribution in [0, 0.1) is 11.8 Å². The van der Waals surface area contributed by atoms with Crippen LogP contribution in [-0.2, 0) is 35.6 Å². The van der Waals surface area contributed by atoms with Gasteiger partial charge < -0.3 is 16.2 Å². The smallest absolute Gasteiger partial charge is 0.234 e. The number of carbonyl (C=O) groups excluding carboxylic acids is 4. The fourth-order valence-corrected chi connectivity index (χ4v) is 6.33. The minimum Gasteiger partial charge on any atom is -0.396 e. The third-order valence-corrected chi connectivity index (χ3v) is 9.65. The quantitative estimate of drug-likeness (QED) is 0.0706. The van der Waals surface area contributed by atoms with Gasteiger partial charge in [-0.1, -0.05) is 89.2 Å². The molecule has 15 heteroatoms. The van der Waals surface area contributed by atoms with Crippen LogP contribution in [0.25, 0.3) is 0 Å². The van der Waals surface area contributed by atoms with Gasteiger partial charge in [-0.3, -0.25) is 23.9 Å². The zero-order valence-corrected chi connectivity index (χ0v) is 29.2.